The molecule has 1 aliphatic rings. The van der Waals surface area contributed by atoms with Crippen LogP contribution >= 0.6 is 0 Å². The first-order chi connectivity index (χ1) is 11.6. The van der Waals surface area contributed by atoms with Gasteiger partial charge < -0.3 is 4.74 Å². The van der Waals surface area contributed by atoms with E-state index >= 15 is 0 Å². The first-order valence-electron chi connectivity index (χ1n) is 7.65. The Balaban J connectivity index is 1.79. The number of hydrogen-bond donors (Lipinski definition) is 0. The lowest BCUT2D eigenvalue weighted by atomic mass is 10.1. The van der Waals surface area contributed by atoms with Crippen LogP contribution in [-0.2, 0) is 16.4 Å². The third-order valence-corrected chi connectivity index (χ3v) is 6.05. The normalized spacial score (nSPS) is 14.0. The van der Waals surface area contributed by atoms with E-state index in [2.05, 4.69) is 4.98 Å². The van der Waals surface area contributed by atoms with Gasteiger partial charge in [0.05, 0.1) is 17.5 Å². The Kier molecular flexibility index (Phi) is 3.42. The molecule has 1 aliphatic heterocycles. The maximum absolute atomic E-state index is 13.0. The molecule has 24 heavy (non-hydrogen) atoms. The summed E-state index contributed by atoms with van der Waals surface area (Å²) >= 11 is 0. The lowest BCUT2D eigenvalue weighted by Crippen LogP contribution is -2.29. The highest BCUT2D eigenvalue weighted by Gasteiger charge is 2.32. The number of sulfonamides is 1. The van der Waals surface area contributed by atoms with Crippen LogP contribution in [0, 0.1) is 0 Å². The average Bonchev–Trinajstić information content (AvgIpc) is 3.03. The van der Waals surface area contributed by atoms with Crippen LogP contribution in [0.2, 0.25) is 0 Å². The summed E-state index contributed by atoms with van der Waals surface area (Å²) in [5, 5.41) is 1.03. The monoisotopic (exact) mass is 340 g/mol. The molecule has 0 bridgehead atoms. The molecule has 0 radical (unpaired) electrons. The lowest BCUT2D eigenvalue weighted by molar-refractivity contribution is 0.414. The van der Waals surface area contributed by atoms with Crippen molar-refractivity contribution in [3.8, 4) is 5.75 Å². The predicted molar refractivity (Wildman–Crippen MR) is 93.0 cm³/mol. The third kappa shape index (κ3) is 2.30. The number of methoxy groups -OCH3 is 1. The molecule has 0 unspecified atom stereocenters. The zero-order valence-corrected chi connectivity index (χ0v) is 14.0. The second-order valence-electron chi connectivity index (χ2n) is 5.67. The highest BCUT2D eigenvalue weighted by Crippen LogP contribution is 2.33. The van der Waals surface area contributed by atoms with Crippen LogP contribution in [0.25, 0.3) is 10.9 Å². The summed E-state index contributed by atoms with van der Waals surface area (Å²) in [6, 6.07) is 16.2. The van der Waals surface area contributed by atoms with Gasteiger partial charge in [0.2, 0.25) is 0 Å². The molecule has 0 saturated heterocycles. The number of pyridine rings is 1. The van der Waals surface area contributed by atoms with E-state index < -0.39 is 10.0 Å². The van der Waals surface area contributed by atoms with Gasteiger partial charge in [0, 0.05) is 11.9 Å². The van der Waals surface area contributed by atoms with Gasteiger partial charge in [0.25, 0.3) is 10.0 Å². The van der Waals surface area contributed by atoms with Crippen molar-refractivity contribution < 1.29 is 13.2 Å². The zero-order valence-electron chi connectivity index (χ0n) is 13.1. The van der Waals surface area contributed by atoms with Gasteiger partial charge in [0.15, 0.2) is 0 Å². The number of anilines is 1. The minimum atomic E-state index is -3.63. The van der Waals surface area contributed by atoms with Gasteiger partial charge in [-0.2, -0.15) is 0 Å². The fourth-order valence-corrected chi connectivity index (χ4v) is 4.44. The van der Waals surface area contributed by atoms with Crippen molar-refractivity contribution in [3.63, 3.8) is 0 Å². The molecule has 0 saturated carbocycles. The largest absolute Gasteiger partial charge is 0.497 e. The third-order valence-electron chi connectivity index (χ3n) is 4.25. The number of ether oxygens (including phenoxy) is 1. The summed E-state index contributed by atoms with van der Waals surface area (Å²) in [5.74, 6) is 1.16. The summed E-state index contributed by atoms with van der Waals surface area (Å²) in [6.07, 6.45) is 0.669. The molecule has 5 nitrogen and oxygen atoms in total. The molecular formula is C18H16N2O3S. The number of benzene rings is 2. The van der Waals surface area contributed by atoms with Crippen molar-refractivity contribution in [1.29, 1.82) is 0 Å². The Labute approximate surface area is 140 Å². The molecule has 0 fully saturated rings. The van der Waals surface area contributed by atoms with Gasteiger partial charge in [-0.05, 0) is 48.4 Å². The molecule has 0 amide bonds. The van der Waals surface area contributed by atoms with Gasteiger partial charge >= 0.3 is 0 Å². The number of hydrogen-bond acceptors (Lipinski definition) is 4. The van der Waals surface area contributed by atoms with E-state index in [4.69, 9.17) is 4.74 Å². The van der Waals surface area contributed by atoms with Crippen LogP contribution in [-0.4, -0.2) is 27.1 Å². The lowest BCUT2D eigenvalue weighted by Gasteiger charge is -2.19. The summed E-state index contributed by atoms with van der Waals surface area (Å²) in [4.78, 5) is 4.83. The molecule has 2 aromatic carbocycles. The van der Waals surface area contributed by atoms with Crippen molar-refractivity contribution >= 4 is 26.7 Å². The molecule has 3 aromatic rings. The smallest absolute Gasteiger partial charge is 0.265 e. The molecule has 4 rings (SSSR count). The SMILES string of the molecule is COc1ccc(S(=O)(=O)N2CCc3cc4ccccc4nc32)cc1. The minimum Gasteiger partial charge on any atom is -0.497 e. The number of aromatic nitrogens is 1. The van der Waals surface area contributed by atoms with Crippen LogP contribution in [0.5, 0.6) is 5.75 Å². The number of rotatable bonds is 3. The molecular weight excluding hydrogens is 324 g/mol. The summed E-state index contributed by atoms with van der Waals surface area (Å²) in [6.45, 7) is 0.410. The molecule has 0 spiro atoms. The van der Waals surface area contributed by atoms with Crippen molar-refractivity contribution in [2.75, 3.05) is 18.0 Å². The van der Waals surface area contributed by atoms with Gasteiger partial charge in [-0.3, -0.25) is 0 Å². The molecule has 122 valence electrons. The van der Waals surface area contributed by atoms with Crippen LogP contribution < -0.4 is 9.04 Å². The topological polar surface area (TPSA) is 59.5 Å². The molecule has 1 aromatic heterocycles. The summed E-state index contributed by atoms with van der Waals surface area (Å²) in [7, 11) is -2.08. The zero-order chi connectivity index (χ0) is 16.7. The number of fused-ring (bicyclic) bond motifs is 2. The van der Waals surface area contributed by atoms with Crippen LogP contribution in [0.3, 0.4) is 0 Å². The summed E-state index contributed by atoms with van der Waals surface area (Å²) in [5.41, 5.74) is 1.76. The maximum Gasteiger partial charge on any atom is 0.265 e. The maximum atomic E-state index is 13.0. The molecule has 0 aliphatic carbocycles. The van der Waals surface area contributed by atoms with Crippen molar-refractivity contribution in [3.05, 3.63) is 60.2 Å². The van der Waals surface area contributed by atoms with Crippen LogP contribution in [0.1, 0.15) is 5.56 Å². The second kappa shape index (κ2) is 5.49. The molecule has 0 N–H and O–H groups in total. The van der Waals surface area contributed by atoms with Gasteiger partial charge in [-0.1, -0.05) is 18.2 Å². The molecule has 2 heterocycles. The average molecular weight is 340 g/mol. The Morgan fingerprint density at radius 1 is 1.08 bits per heavy atom. The number of nitrogens with zero attached hydrogens (tertiary/aromatic N) is 2. The predicted octanol–water partition coefficient (Wildman–Crippen LogP) is 2.99. The van der Waals surface area contributed by atoms with Crippen LogP contribution in [0.15, 0.2) is 59.5 Å². The standard InChI is InChI=1S/C18H16N2O3S/c1-23-15-6-8-16(9-7-15)24(21,22)20-11-10-14-12-13-4-2-3-5-17(13)19-18(14)20/h2-9,12H,10-11H2,1H3. The van der Waals surface area contributed by atoms with Crippen LogP contribution in [0.4, 0.5) is 5.82 Å². The fourth-order valence-electron chi connectivity index (χ4n) is 2.99. The van der Waals surface area contributed by atoms with Gasteiger partial charge in [-0.15, -0.1) is 0 Å². The van der Waals surface area contributed by atoms with E-state index in [9.17, 15) is 8.42 Å². The van der Waals surface area contributed by atoms with E-state index in [-0.39, 0.29) is 4.90 Å². The fraction of sp³-hybridized carbons (Fsp3) is 0.167. The highest BCUT2D eigenvalue weighted by atomic mass is 32.2. The summed E-state index contributed by atoms with van der Waals surface area (Å²) < 4.78 is 32.4. The van der Waals surface area contributed by atoms with Crippen molar-refractivity contribution in [2.45, 2.75) is 11.3 Å². The van der Waals surface area contributed by atoms with E-state index in [0.29, 0.717) is 24.5 Å². The minimum absolute atomic E-state index is 0.242. The van der Waals surface area contributed by atoms with Crippen molar-refractivity contribution in [2.24, 2.45) is 0 Å². The Morgan fingerprint density at radius 2 is 1.83 bits per heavy atom. The second-order valence-corrected chi connectivity index (χ2v) is 7.53. The number of para-hydroxylation sites is 1. The highest BCUT2D eigenvalue weighted by molar-refractivity contribution is 7.92. The van der Waals surface area contributed by atoms with Gasteiger partial charge in [-0.25, -0.2) is 17.7 Å². The van der Waals surface area contributed by atoms with E-state index in [1.807, 2.05) is 30.3 Å². The van der Waals surface area contributed by atoms with Gasteiger partial charge in [0.1, 0.15) is 11.6 Å². The Morgan fingerprint density at radius 3 is 2.58 bits per heavy atom. The molecule has 0 atom stereocenters. The molecule has 6 heteroatoms. The quantitative estimate of drug-likeness (QED) is 0.735. The Bertz CT molecular complexity index is 1010. The first kappa shape index (κ1) is 15.0. The van der Waals surface area contributed by atoms with E-state index in [1.165, 1.54) is 4.31 Å². The van der Waals surface area contributed by atoms with E-state index in [1.54, 1.807) is 31.4 Å². The first-order valence-corrected chi connectivity index (χ1v) is 9.09. The van der Waals surface area contributed by atoms with Crippen molar-refractivity contribution in [1.82, 2.24) is 4.98 Å². The van der Waals surface area contributed by atoms with E-state index in [0.717, 1.165) is 16.5 Å². The Hall–Kier alpha value is -2.60.